The van der Waals surface area contributed by atoms with E-state index < -0.39 is 0 Å². The zero-order valence-electron chi connectivity index (χ0n) is 11.9. The highest BCUT2D eigenvalue weighted by Gasteiger charge is 2.15. The maximum atomic E-state index is 12.0. The fourth-order valence-electron chi connectivity index (χ4n) is 2.13. The van der Waals surface area contributed by atoms with Crippen molar-refractivity contribution in [3.63, 3.8) is 0 Å². The zero-order chi connectivity index (χ0) is 14.4. The second-order valence-corrected chi connectivity index (χ2v) is 5.87. The minimum atomic E-state index is -0.0244. The molecule has 1 atom stereocenters. The van der Waals surface area contributed by atoms with Crippen LogP contribution in [0, 0.1) is 18.8 Å². The predicted molar refractivity (Wildman–Crippen MR) is 81.4 cm³/mol. The van der Waals surface area contributed by atoms with Crippen molar-refractivity contribution in [2.45, 2.75) is 33.6 Å². The number of rotatable bonds is 6. The van der Waals surface area contributed by atoms with Gasteiger partial charge >= 0.3 is 0 Å². The van der Waals surface area contributed by atoms with Gasteiger partial charge in [-0.1, -0.05) is 31.5 Å². The highest BCUT2D eigenvalue weighted by Crippen LogP contribution is 2.23. The van der Waals surface area contributed by atoms with E-state index in [2.05, 4.69) is 19.2 Å². The molecule has 3 nitrogen and oxygen atoms in total. The molecular weight excluding hydrogens is 260 g/mol. The highest BCUT2D eigenvalue weighted by atomic mass is 35.5. The van der Waals surface area contributed by atoms with Gasteiger partial charge in [0, 0.05) is 6.42 Å². The predicted octanol–water partition coefficient (Wildman–Crippen LogP) is 3.60. The summed E-state index contributed by atoms with van der Waals surface area (Å²) in [7, 11) is 0. The van der Waals surface area contributed by atoms with Gasteiger partial charge < -0.3 is 11.1 Å². The largest absolute Gasteiger partial charge is 0.330 e. The van der Waals surface area contributed by atoms with Gasteiger partial charge in [0.1, 0.15) is 0 Å². The Kier molecular flexibility index (Phi) is 6.32. The van der Waals surface area contributed by atoms with Crippen molar-refractivity contribution in [1.29, 1.82) is 0 Å². The van der Waals surface area contributed by atoms with Gasteiger partial charge in [0.25, 0.3) is 0 Å². The number of halogens is 1. The molecule has 0 heterocycles. The molecule has 0 saturated carbocycles. The average molecular weight is 283 g/mol. The summed E-state index contributed by atoms with van der Waals surface area (Å²) in [6.45, 7) is 6.77. The first-order valence-electron chi connectivity index (χ1n) is 6.68. The number of aryl methyl sites for hydroxylation is 1. The minimum Gasteiger partial charge on any atom is -0.330 e. The van der Waals surface area contributed by atoms with Gasteiger partial charge in [-0.2, -0.15) is 0 Å². The SMILES string of the molecule is Cc1ccc(Cl)c(NC(=O)CC(CN)CC(C)C)c1. The Morgan fingerprint density at radius 2 is 2.11 bits per heavy atom. The lowest BCUT2D eigenvalue weighted by atomic mass is 9.94. The average Bonchev–Trinajstić information content (AvgIpc) is 2.32. The smallest absolute Gasteiger partial charge is 0.224 e. The molecule has 3 N–H and O–H groups in total. The van der Waals surface area contributed by atoms with E-state index in [1.807, 2.05) is 19.1 Å². The van der Waals surface area contributed by atoms with Crippen LogP contribution >= 0.6 is 11.6 Å². The standard InChI is InChI=1S/C15H23ClN2O/c1-10(2)6-12(9-17)8-15(19)18-14-7-11(3)4-5-13(14)16/h4-5,7,10,12H,6,8-9,17H2,1-3H3,(H,18,19). The first kappa shape index (κ1) is 16.0. The summed E-state index contributed by atoms with van der Waals surface area (Å²) in [5.74, 6) is 0.746. The highest BCUT2D eigenvalue weighted by molar-refractivity contribution is 6.33. The van der Waals surface area contributed by atoms with Gasteiger partial charge in [0.15, 0.2) is 0 Å². The summed E-state index contributed by atoms with van der Waals surface area (Å²) in [6.07, 6.45) is 1.41. The zero-order valence-corrected chi connectivity index (χ0v) is 12.6. The molecule has 1 amide bonds. The van der Waals surface area contributed by atoms with E-state index in [9.17, 15) is 4.79 Å². The van der Waals surface area contributed by atoms with Crippen LogP contribution in [0.5, 0.6) is 0 Å². The molecule has 0 aliphatic rings. The summed E-state index contributed by atoms with van der Waals surface area (Å²) in [6, 6.07) is 5.58. The van der Waals surface area contributed by atoms with Crippen LogP contribution < -0.4 is 11.1 Å². The third-order valence-corrected chi connectivity index (χ3v) is 3.34. The fourth-order valence-corrected chi connectivity index (χ4v) is 2.29. The molecular formula is C15H23ClN2O. The molecule has 1 rings (SSSR count). The molecule has 0 bridgehead atoms. The normalized spacial score (nSPS) is 12.5. The number of amides is 1. The van der Waals surface area contributed by atoms with Crippen LogP contribution in [0.2, 0.25) is 5.02 Å². The third kappa shape index (κ3) is 5.62. The van der Waals surface area contributed by atoms with E-state index in [0.29, 0.717) is 29.6 Å². The molecule has 4 heteroatoms. The van der Waals surface area contributed by atoms with Gasteiger partial charge in [0.2, 0.25) is 5.91 Å². The number of anilines is 1. The molecule has 0 spiro atoms. The van der Waals surface area contributed by atoms with Crippen molar-refractivity contribution in [2.24, 2.45) is 17.6 Å². The fraction of sp³-hybridized carbons (Fsp3) is 0.533. The maximum absolute atomic E-state index is 12.0. The summed E-state index contributed by atoms with van der Waals surface area (Å²) >= 11 is 6.06. The van der Waals surface area contributed by atoms with E-state index in [0.717, 1.165) is 12.0 Å². The second-order valence-electron chi connectivity index (χ2n) is 5.47. The number of hydrogen-bond acceptors (Lipinski definition) is 2. The van der Waals surface area contributed by atoms with Crippen LogP contribution in [0.15, 0.2) is 18.2 Å². The van der Waals surface area contributed by atoms with Gasteiger partial charge in [-0.15, -0.1) is 0 Å². The van der Waals surface area contributed by atoms with Crippen LogP contribution in [-0.2, 0) is 4.79 Å². The van der Waals surface area contributed by atoms with E-state index in [1.54, 1.807) is 6.07 Å². The number of nitrogens with two attached hydrogens (primary N) is 1. The summed E-state index contributed by atoms with van der Waals surface area (Å²) in [5.41, 5.74) is 7.45. The monoisotopic (exact) mass is 282 g/mol. The van der Waals surface area contributed by atoms with Crippen molar-refractivity contribution < 1.29 is 4.79 Å². The Hall–Kier alpha value is -1.06. The molecule has 106 valence electrons. The lowest BCUT2D eigenvalue weighted by Gasteiger charge is -2.17. The van der Waals surface area contributed by atoms with Gasteiger partial charge in [-0.3, -0.25) is 4.79 Å². The molecule has 19 heavy (non-hydrogen) atoms. The van der Waals surface area contributed by atoms with Crippen molar-refractivity contribution >= 4 is 23.2 Å². The molecule has 0 saturated heterocycles. The molecule has 1 unspecified atom stereocenters. The van der Waals surface area contributed by atoms with Gasteiger partial charge in [-0.05, 0) is 49.4 Å². The quantitative estimate of drug-likeness (QED) is 0.838. The van der Waals surface area contributed by atoms with E-state index in [-0.39, 0.29) is 11.8 Å². The van der Waals surface area contributed by atoms with Crippen LogP contribution in [0.1, 0.15) is 32.3 Å². The topological polar surface area (TPSA) is 55.1 Å². The van der Waals surface area contributed by atoms with Crippen molar-refractivity contribution in [3.8, 4) is 0 Å². The first-order chi connectivity index (χ1) is 8.92. The second kappa shape index (κ2) is 7.51. The molecule has 1 aromatic carbocycles. The summed E-state index contributed by atoms with van der Waals surface area (Å²) in [4.78, 5) is 12.0. The van der Waals surface area contributed by atoms with E-state index in [1.165, 1.54) is 0 Å². The number of nitrogens with one attached hydrogen (secondary N) is 1. The van der Waals surface area contributed by atoms with Crippen molar-refractivity contribution in [3.05, 3.63) is 28.8 Å². The van der Waals surface area contributed by atoms with Crippen molar-refractivity contribution in [2.75, 3.05) is 11.9 Å². The lowest BCUT2D eigenvalue weighted by molar-refractivity contribution is -0.117. The van der Waals surface area contributed by atoms with Crippen LogP contribution in [0.4, 0.5) is 5.69 Å². The Morgan fingerprint density at radius 1 is 1.42 bits per heavy atom. The van der Waals surface area contributed by atoms with Gasteiger partial charge in [-0.25, -0.2) is 0 Å². The Bertz CT molecular complexity index is 432. The minimum absolute atomic E-state index is 0.0244. The van der Waals surface area contributed by atoms with Crippen LogP contribution in [0.3, 0.4) is 0 Å². The molecule has 0 aromatic heterocycles. The van der Waals surface area contributed by atoms with Gasteiger partial charge in [0.05, 0.1) is 10.7 Å². The van der Waals surface area contributed by atoms with Crippen molar-refractivity contribution in [1.82, 2.24) is 0 Å². The van der Waals surface area contributed by atoms with Crippen LogP contribution in [-0.4, -0.2) is 12.5 Å². The lowest BCUT2D eigenvalue weighted by Crippen LogP contribution is -2.23. The molecule has 0 fully saturated rings. The Balaban J connectivity index is 2.61. The molecule has 0 radical (unpaired) electrons. The molecule has 1 aromatic rings. The Labute approximate surface area is 120 Å². The number of hydrogen-bond donors (Lipinski definition) is 2. The number of benzene rings is 1. The Morgan fingerprint density at radius 3 is 2.68 bits per heavy atom. The third-order valence-electron chi connectivity index (χ3n) is 3.01. The number of carbonyl (C=O) groups excluding carboxylic acids is 1. The number of carbonyl (C=O) groups is 1. The van der Waals surface area contributed by atoms with E-state index >= 15 is 0 Å². The maximum Gasteiger partial charge on any atom is 0.224 e. The van der Waals surface area contributed by atoms with E-state index in [4.69, 9.17) is 17.3 Å². The molecule has 0 aliphatic heterocycles. The summed E-state index contributed by atoms with van der Waals surface area (Å²) in [5, 5.41) is 3.42. The first-order valence-corrected chi connectivity index (χ1v) is 7.06. The molecule has 0 aliphatic carbocycles. The summed E-state index contributed by atoms with van der Waals surface area (Å²) < 4.78 is 0. The van der Waals surface area contributed by atoms with Crippen LogP contribution in [0.25, 0.3) is 0 Å².